The standard InChI is InChI=1S/C25H29BrN2O3/c1-2-18-6-3-4-9-22(18)28-16-19(14-23(28)29)24(30)27-17-25(10-12-31-13-11-25)20-7-5-8-21(26)15-20/h3-9,15,19H,2,10-14,16-17H2,1H3,(H,27,30). The fraction of sp³-hybridized carbons (Fsp3) is 0.440. The topological polar surface area (TPSA) is 58.6 Å². The highest BCUT2D eigenvalue weighted by Gasteiger charge is 2.39. The van der Waals surface area contributed by atoms with E-state index in [9.17, 15) is 9.59 Å². The maximum absolute atomic E-state index is 13.1. The number of nitrogens with zero attached hydrogens (tertiary/aromatic N) is 1. The van der Waals surface area contributed by atoms with Gasteiger partial charge in [0.15, 0.2) is 0 Å². The Hall–Kier alpha value is -2.18. The quantitative estimate of drug-likeness (QED) is 0.667. The average molecular weight is 485 g/mol. The lowest BCUT2D eigenvalue weighted by Gasteiger charge is -2.38. The van der Waals surface area contributed by atoms with Crippen LogP contribution < -0.4 is 10.2 Å². The minimum absolute atomic E-state index is 0.0221. The van der Waals surface area contributed by atoms with Crippen LogP contribution in [0.4, 0.5) is 5.69 Å². The fourth-order valence-corrected chi connectivity index (χ4v) is 5.14. The average Bonchev–Trinajstić information content (AvgIpc) is 3.19. The number of aryl methyl sites for hydroxylation is 1. The van der Waals surface area contributed by atoms with Crippen molar-refractivity contribution in [3.63, 3.8) is 0 Å². The Labute approximate surface area is 192 Å². The van der Waals surface area contributed by atoms with Crippen molar-refractivity contribution in [2.75, 3.05) is 31.2 Å². The summed E-state index contributed by atoms with van der Waals surface area (Å²) >= 11 is 3.57. The maximum Gasteiger partial charge on any atom is 0.227 e. The van der Waals surface area contributed by atoms with Crippen LogP contribution in [0, 0.1) is 5.92 Å². The molecule has 0 radical (unpaired) electrons. The normalized spacial score (nSPS) is 20.6. The van der Waals surface area contributed by atoms with E-state index in [0.29, 0.717) is 26.3 Å². The number of hydrogen-bond acceptors (Lipinski definition) is 3. The van der Waals surface area contributed by atoms with Crippen molar-refractivity contribution in [3.05, 3.63) is 64.1 Å². The predicted molar refractivity (Wildman–Crippen MR) is 125 cm³/mol. The van der Waals surface area contributed by atoms with Crippen molar-refractivity contribution >= 4 is 33.4 Å². The number of amides is 2. The van der Waals surface area contributed by atoms with Gasteiger partial charge in [-0.15, -0.1) is 0 Å². The SMILES string of the molecule is CCc1ccccc1N1CC(C(=O)NCC2(c3cccc(Br)c3)CCOCC2)CC1=O. The molecular formula is C25H29BrN2O3. The molecule has 2 aromatic carbocycles. The first-order valence-corrected chi connectivity index (χ1v) is 11.8. The van der Waals surface area contributed by atoms with E-state index in [1.807, 2.05) is 36.4 Å². The summed E-state index contributed by atoms with van der Waals surface area (Å²) in [6.07, 6.45) is 2.84. The lowest BCUT2D eigenvalue weighted by atomic mass is 9.74. The third-order valence-corrected chi connectivity index (χ3v) is 7.14. The van der Waals surface area contributed by atoms with Crippen molar-refractivity contribution in [2.45, 2.75) is 38.0 Å². The molecule has 2 aliphatic heterocycles. The predicted octanol–water partition coefficient (Wildman–Crippen LogP) is 4.23. The van der Waals surface area contributed by atoms with Gasteiger partial charge in [-0.1, -0.05) is 53.2 Å². The molecule has 0 bridgehead atoms. The van der Waals surface area contributed by atoms with Crippen LogP contribution in [0.2, 0.25) is 0 Å². The molecule has 2 heterocycles. The minimum atomic E-state index is -0.322. The molecule has 2 saturated heterocycles. The summed E-state index contributed by atoms with van der Waals surface area (Å²) in [4.78, 5) is 27.6. The zero-order chi connectivity index (χ0) is 21.8. The Kier molecular flexibility index (Phi) is 6.77. The Balaban J connectivity index is 1.46. The second kappa shape index (κ2) is 9.53. The monoisotopic (exact) mass is 484 g/mol. The van der Waals surface area contributed by atoms with E-state index >= 15 is 0 Å². The van der Waals surface area contributed by atoms with Gasteiger partial charge < -0.3 is 15.0 Å². The molecule has 1 unspecified atom stereocenters. The second-order valence-electron chi connectivity index (χ2n) is 8.51. The first-order valence-electron chi connectivity index (χ1n) is 11.0. The van der Waals surface area contributed by atoms with E-state index in [0.717, 1.165) is 35.0 Å². The Morgan fingerprint density at radius 2 is 1.97 bits per heavy atom. The first kappa shape index (κ1) is 22.0. The fourth-order valence-electron chi connectivity index (χ4n) is 4.74. The molecule has 4 rings (SSSR count). The zero-order valence-electron chi connectivity index (χ0n) is 17.9. The van der Waals surface area contributed by atoms with Gasteiger partial charge in [-0.05, 0) is 48.6 Å². The van der Waals surface area contributed by atoms with Crippen molar-refractivity contribution in [2.24, 2.45) is 5.92 Å². The summed E-state index contributed by atoms with van der Waals surface area (Å²) in [5.41, 5.74) is 3.13. The van der Waals surface area contributed by atoms with E-state index in [2.05, 4.69) is 40.3 Å². The number of hydrogen-bond donors (Lipinski definition) is 1. The molecule has 2 aliphatic rings. The number of ether oxygens (including phenoxy) is 1. The van der Waals surface area contributed by atoms with Crippen LogP contribution >= 0.6 is 15.9 Å². The highest BCUT2D eigenvalue weighted by molar-refractivity contribution is 9.10. The molecule has 164 valence electrons. The molecule has 31 heavy (non-hydrogen) atoms. The highest BCUT2D eigenvalue weighted by atomic mass is 79.9. The number of carbonyl (C=O) groups excluding carboxylic acids is 2. The minimum Gasteiger partial charge on any atom is -0.381 e. The number of nitrogens with one attached hydrogen (secondary N) is 1. The van der Waals surface area contributed by atoms with E-state index < -0.39 is 0 Å². The summed E-state index contributed by atoms with van der Waals surface area (Å²) in [5.74, 6) is -0.337. The van der Waals surface area contributed by atoms with Crippen molar-refractivity contribution in [1.82, 2.24) is 5.32 Å². The molecule has 0 aromatic heterocycles. The van der Waals surface area contributed by atoms with Gasteiger partial charge in [0.2, 0.25) is 11.8 Å². The van der Waals surface area contributed by atoms with Crippen molar-refractivity contribution in [1.29, 1.82) is 0 Å². The van der Waals surface area contributed by atoms with Crippen LogP contribution in [0.15, 0.2) is 53.0 Å². The molecular weight excluding hydrogens is 456 g/mol. The van der Waals surface area contributed by atoms with Crippen molar-refractivity contribution in [3.8, 4) is 0 Å². The van der Waals surface area contributed by atoms with Gasteiger partial charge in [-0.25, -0.2) is 0 Å². The number of halogens is 1. The van der Waals surface area contributed by atoms with Gasteiger partial charge in [0.25, 0.3) is 0 Å². The Morgan fingerprint density at radius 3 is 2.71 bits per heavy atom. The van der Waals surface area contributed by atoms with Gasteiger partial charge in [0, 0.05) is 48.3 Å². The Bertz CT molecular complexity index is 955. The molecule has 2 amide bonds. The lowest BCUT2D eigenvalue weighted by Crippen LogP contribution is -2.46. The number of rotatable bonds is 6. The zero-order valence-corrected chi connectivity index (χ0v) is 19.5. The van der Waals surface area contributed by atoms with Crippen LogP contribution in [0.3, 0.4) is 0 Å². The number of anilines is 1. The highest BCUT2D eigenvalue weighted by Crippen LogP contribution is 2.36. The first-order chi connectivity index (χ1) is 15.0. The summed E-state index contributed by atoms with van der Waals surface area (Å²) < 4.78 is 6.64. The van der Waals surface area contributed by atoms with Crippen LogP contribution in [-0.4, -0.2) is 38.1 Å². The molecule has 1 atom stereocenters. The van der Waals surface area contributed by atoms with Crippen LogP contribution in [0.5, 0.6) is 0 Å². The van der Waals surface area contributed by atoms with E-state index in [1.54, 1.807) is 4.90 Å². The van der Waals surface area contributed by atoms with Crippen LogP contribution in [0.25, 0.3) is 0 Å². The summed E-state index contributed by atoms with van der Waals surface area (Å²) in [6.45, 7) is 4.45. The number of carbonyl (C=O) groups is 2. The largest absolute Gasteiger partial charge is 0.381 e. The molecule has 2 aromatic rings. The lowest BCUT2D eigenvalue weighted by molar-refractivity contribution is -0.126. The van der Waals surface area contributed by atoms with E-state index in [1.165, 1.54) is 5.56 Å². The van der Waals surface area contributed by atoms with Gasteiger partial charge in [0.1, 0.15) is 0 Å². The van der Waals surface area contributed by atoms with Gasteiger partial charge >= 0.3 is 0 Å². The Morgan fingerprint density at radius 1 is 1.19 bits per heavy atom. The third-order valence-electron chi connectivity index (χ3n) is 6.65. The number of benzene rings is 2. The van der Waals surface area contributed by atoms with Gasteiger partial charge in [0.05, 0.1) is 5.92 Å². The molecule has 2 fully saturated rings. The summed E-state index contributed by atoms with van der Waals surface area (Å²) in [5, 5.41) is 3.19. The molecule has 5 nitrogen and oxygen atoms in total. The van der Waals surface area contributed by atoms with Gasteiger partial charge in [-0.2, -0.15) is 0 Å². The van der Waals surface area contributed by atoms with Crippen LogP contribution in [0.1, 0.15) is 37.3 Å². The maximum atomic E-state index is 13.1. The molecule has 0 aliphatic carbocycles. The second-order valence-corrected chi connectivity index (χ2v) is 9.42. The van der Waals surface area contributed by atoms with E-state index in [4.69, 9.17) is 4.74 Å². The smallest absolute Gasteiger partial charge is 0.227 e. The number of para-hydroxylation sites is 1. The summed E-state index contributed by atoms with van der Waals surface area (Å²) in [6, 6.07) is 16.3. The summed E-state index contributed by atoms with van der Waals surface area (Å²) in [7, 11) is 0. The molecule has 6 heteroatoms. The molecule has 1 N–H and O–H groups in total. The molecule has 0 saturated carbocycles. The van der Waals surface area contributed by atoms with Crippen LogP contribution in [-0.2, 0) is 26.2 Å². The van der Waals surface area contributed by atoms with Crippen molar-refractivity contribution < 1.29 is 14.3 Å². The van der Waals surface area contributed by atoms with Gasteiger partial charge in [-0.3, -0.25) is 9.59 Å². The van der Waals surface area contributed by atoms with E-state index in [-0.39, 0.29) is 29.6 Å². The third kappa shape index (κ3) is 4.70. The molecule has 0 spiro atoms.